The molecule has 0 radical (unpaired) electrons. The van der Waals surface area contributed by atoms with Crippen molar-refractivity contribution in [3.05, 3.63) is 35.0 Å². The summed E-state index contributed by atoms with van der Waals surface area (Å²) in [5.41, 5.74) is 1.48. The summed E-state index contributed by atoms with van der Waals surface area (Å²) in [5, 5.41) is 7.94. The van der Waals surface area contributed by atoms with Crippen LogP contribution in [-0.2, 0) is 13.6 Å². The molecular weight excluding hydrogens is 254 g/mol. The van der Waals surface area contributed by atoms with E-state index in [9.17, 15) is 4.79 Å². The van der Waals surface area contributed by atoms with Gasteiger partial charge in [-0.1, -0.05) is 6.58 Å². The molecule has 2 aromatic heterocycles. The monoisotopic (exact) mass is 275 g/mol. The molecular formula is C14H21N5O. The third-order valence-electron chi connectivity index (χ3n) is 2.98. The minimum absolute atomic E-state index is 0.0272. The highest BCUT2D eigenvalue weighted by atomic mass is 16.1. The molecule has 20 heavy (non-hydrogen) atoms. The molecule has 0 aliphatic heterocycles. The van der Waals surface area contributed by atoms with Gasteiger partial charge in [0.15, 0.2) is 5.65 Å². The van der Waals surface area contributed by atoms with Gasteiger partial charge >= 0.3 is 0 Å². The average Bonchev–Trinajstić information content (AvgIpc) is 2.72. The van der Waals surface area contributed by atoms with Crippen LogP contribution in [0.4, 0.5) is 0 Å². The number of nitrogens with zero attached hydrogens (tertiary/aromatic N) is 4. The van der Waals surface area contributed by atoms with Crippen LogP contribution >= 0.6 is 0 Å². The van der Waals surface area contributed by atoms with E-state index in [-0.39, 0.29) is 11.1 Å². The van der Waals surface area contributed by atoms with E-state index in [1.807, 2.05) is 0 Å². The summed E-state index contributed by atoms with van der Waals surface area (Å²) in [6, 6.07) is 0. The number of hydrogen-bond acceptors (Lipinski definition) is 4. The second-order valence-corrected chi connectivity index (χ2v) is 6.04. The summed E-state index contributed by atoms with van der Waals surface area (Å²) < 4.78 is 3.16. The maximum atomic E-state index is 12.3. The van der Waals surface area contributed by atoms with Gasteiger partial charge in [-0.15, -0.1) is 0 Å². The SMILES string of the molecule is C=C(CNC(C)(C)C)Cn1cnc2c(cnn2C)c1=O. The highest BCUT2D eigenvalue weighted by molar-refractivity contribution is 5.72. The molecule has 0 aliphatic rings. The van der Waals surface area contributed by atoms with E-state index in [2.05, 4.69) is 42.7 Å². The first kappa shape index (κ1) is 14.5. The Bertz CT molecular complexity index is 690. The minimum atomic E-state index is -0.0833. The summed E-state index contributed by atoms with van der Waals surface area (Å²) in [4.78, 5) is 16.6. The molecule has 6 heteroatoms. The molecule has 0 aromatic carbocycles. The summed E-state index contributed by atoms with van der Waals surface area (Å²) >= 11 is 0. The van der Waals surface area contributed by atoms with Crippen LogP contribution < -0.4 is 10.9 Å². The predicted octanol–water partition coefficient (Wildman–Crippen LogP) is 1.07. The number of hydrogen-bond donors (Lipinski definition) is 1. The van der Waals surface area contributed by atoms with Crippen LogP contribution in [-0.4, -0.2) is 31.4 Å². The Hall–Kier alpha value is -1.95. The fourth-order valence-corrected chi connectivity index (χ4v) is 1.87. The first-order valence-corrected chi connectivity index (χ1v) is 6.57. The molecule has 0 spiro atoms. The number of aromatic nitrogens is 4. The number of rotatable bonds is 4. The summed E-state index contributed by atoms with van der Waals surface area (Å²) in [7, 11) is 1.77. The van der Waals surface area contributed by atoms with Crippen molar-refractivity contribution in [3.63, 3.8) is 0 Å². The first-order chi connectivity index (χ1) is 9.28. The third-order valence-corrected chi connectivity index (χ3v) is 2.98. The van der Waals surface area contributed by atoms with Crippen molar-refractivity contribution < 1.29 is 0 Å². The van der Waals surface area contributed by atoms with E-state index in [0.29, 0.717) is 24.1 Å². The number of aryl methyl sites for hydroxylation is 1. The van der Waals surface area contributed by atoms with Crippen LogP contribution in [0.5, 0.6) is 0 Å². The van der Waals surface area contributed by atoms with E-state index < -0.39 is 0 Å². The van der Waals surface area contributed by atoms with Crippen LogP contribution in [0.1, 0.15) is 20.8 Å². The standard InChI is InChI=1S/C14H21N5O/c1-10(6-16-14(2,3)4)8-19-9-15-12-11(13(19)20)7-17-18(12)5/h7,9,16H,1,6,8H2,2-5H3. The molecule has 0 unspecified atom stereocenters. The van der Waals surface area contributed by atoms with Gasteiger partial charge in [-0.2, -0.15) is 5.10 Å². The molecule has 0 amide bonds. The Morgan fingerprint density at radius 2 is 2.15 bits per heavy atom. The van der Waals surface area contributed by atoms with Gasteiger partial charge in [0.1, 0.15) is 11.7 Å². The Labute approximate surface area is 118 Å². The molecule has 2 aromatic rings. The summed E-state index contributed by atoms with van der Waals surface area (Å²) in [6.07, 6.45) is 3.10. The van der Waals surface area contributed by atoms with Crippen molar-refractivity contribution in [1.82, 2.24) is 24.6 Å². The van der Waals surface area contributed by atoms with Crippen LogP contribution in [0.15, 0.2) is 29.5 Å². The van der Waals surface area contributed by atoms with Crippen molar-refractivity contribution in [2.24, 2.45) is 7.05 Å². The second kappa shape index (κ2) is 5.20. The van der Waals surface area contributed by atoms with Crippen molar-refractivity contribution in [2.75, 3.05) is 6.54 Å². The molecule has 0 bridgehead atoms. The molecule has 0 saturated heterocycles. The van der Waals surface area contributed by atoms with Gasteiger partial charge in [0, 0.05) is 25.7 Å². The van der Waals surface area contributed by atoms with Crippen molar-refractivity contribution in [1.29, 1.82) is 0 Å². The molecule has 1 N–H and O–H groups in total. The van der Waals surface area contributed by atoms with E-state index in [4.69, 9.17) is 0 Å². The molecule has 6 nitrogen and oxygen atoms in total. The lowest BCUT2D eigenvalue weighted by Gasteiger charge is -2.21. The Balaban J connectivity index is 2.16. The predicted molar refractivity (Wildman–Crippen MR) is 79.7 cm³/mol. The smallest absolute Gasteiger partial charge is 0.264 e. The van der Waals surface area contributed by atoms with Gasteiger partial charge < -0.3 is 5.32 Å². The van der Waals surface area contributed by atoms with E-state index in [1.54, 1.807) is 28.8 Å². The lowest BCUT2D eigenvalue weighted by Crippen LogP contribution is -2.37. The molecule has 0 atom stereocenters. The summed E-state index contributed by atoms with van der Waals surface area (Å²) in [5.74, 6) is 0. The van der Waals surface area contributed by atoms with E-state index >= 15 is 0 Å². The van der Waals surface area contributed by atoms with Crippen molar-refractivity contribution in [3.8, 4) is 0 Å². The second-order valence-electron chi connectivity index (χ2n) is 6.04. The quantitative estimate of drug-likeness (QED) is 0.848. The maximum absolute atomic E-state index is 12.3. The maximum Gasteiger partial charge on any atom is 0.264 e. The fraction of sp³-hybridized carbons (Fsp3) is 0.500. The Morgan fingerprint density at radius 1 is 1.45 bits per heavy atom. The first-order valence-electron chi connectivity index (χ1n) is 6.57. The van der Waals surface area contributed by atoms with Crippen LogP contribution in [0, 0.1) is 0 Å². The Morgan fingerprint density at radius 3 is 2.80 bits per heavy atom. The van der Waals surface area contributed by atoms with Crippen molar-refractivity contribution in [2.45, 2.75) is 32.9 Å². The average molecular weight is 275 g/mol. The molecule has 0 saturated carbocycles. The normalized spacial score (nSPS) is 12.0. The largest absolute Gasteiger partial charge is 0.308 e. The molecule has 2 heterocycles. The number of nitrogens with one attached hydrogen (secondary N) is 1. The zero-order valence-electron chi connectivity index (χ0n) is 12.5. The van der Waals surface area contributed by atoms with Gasteiger partial charge in [-0.3, -0.25) is 14.0 Å². The van der Waals surface area contributed by atoms with Crippen LogP contribution in [0.2, 0.25) is 0 Å². The molecule has 0 fully saturated rings. The molecule has 108 valence electrons. The van der Waals surface area contributed by atoms with Gasteiger partial charge in [-0.25, -0.2) is 4.98 Å². The van der Waals surface area contributed by atoms with Gasteiger partial charge in [0.25, 0.3) is 5.56 Å². The highest BCUT2D eigenvalue weighted by Crippen LogP contribution is 2.05. The fourth-order valence-electron chi connectivity index (χ4n) is 1.87. The highest BCUT2D eigenvalue weighted by Gasteiger charge is 2.11. The molecule has 2 rings (SSSR count). The van der Waals surface area contributed by atoms with Crippen LogP contribution in [0.3, 0.4) is 0 Å². The zero-order valence-corrected chi connectivity index (χ0v) is 12.5. The zero-order chi connectivity index (χ0) is 14.9. The molecule has 0 aliphatic carbocycles. The number of fused-ring (bicyclic) bond motifs is 1. The van der Waals surface area contributed by atoms with E-state index in [1.165, 1.54) is 0 Å². The van der Waals surface area contributed by atoms with Gasteiger partial charge in [0.05, 0.1) is 6.20 Å². The van der Waals surface area contributed by atoms with Crippen LogP contribution in [0.25, 0.3) is 11.0 Å². The Kier molecular flexibility index (Phi) is 3.76. The van der Waals surface area contributed by atoms with E-state index in [0.717, 1.165) is 5.57 Å². The third kappa shape index (κ3) is 3.14. The minimum Gasteiger partial charge on any atom is -0.308 e. The lowest BCUT2D eigenvalue weighted by molar-refractivity contribution is 0.440. The topological polar surface area (TPSA) is 64.7 Å². The lowest BCUT2D eigenvalue weighted by atomic mass is 10.1. The van der Waals surface area contributed by atoms with Gasteiger partial charge in [-0.05, 0) is 26.3 Å². The van der Waals surface area contributed by atoms with Gasteiger partial charge in [0.2, 0.25) is 0 Å². The summed E-state index contributed by atoms with van der Waals surface area (Å²) in [6.45, 7) is 11.4. The van der Waals surface area contributed by atoms with Crippen molar-refractivity contribution >= 4 is 11.0 Å².